The molecular formula is C93H91B4Br4N5O8. The van der Waals surface area contributed by atoms with Crippen LogP contribution in [0, 0.1) is 0 Å². The maximum Gasteiger partial charge on any atom is 0.494 e. The van der Waals surface area contributed by atoms with Crippen LogP contribution in [0.5, 0.6) is 0 Å². The number of hydrogen-bond donors (Lipinski definition) is 0. The zero-order valence-corrected chi connectivity index (χ0v) is 73.5. The van der Waals surface area contributed by atoms with Gasteiger partial charge in [0.2, 0.25) is 0 Å². The van der Waals surface area contributed by atoms with Gasteiger partial charge in [0.25, 0.3) is 0 Å². The van der Waals surface area contributed by atoms with Crippen LogP contribution in [0.4, 0.5) is 0 Å². The Balaban J connectivity index is 0.000000129. The summed E-state index contributed by atoms with van der Waals surface area (Å²) in [6.07, 6.45) is 0. The second-order valence-corrected chi connectivity index (χ2v) is 37.2. The smallest absolute Gasteiger partial charge is 0.399 e. The Morgan fingerprint density at radius 2 is 0.474 bits per heavy atom. The Morgan fingerprint density at radius 3 is 0.789 bits per heavy atom. The molecule has 3 aromatic heterocycles. The van der Waals surface area contributed by atoms with Crippen LogP contribution in [0.1, 0.15) is 111 Å². The van der Waals surface area contributed by atoms with Gasteiger partial charge in [-0.15, -0.1) is 0 Å². The third-order valence-electron chi connectivity index (χ3n) is 23.6. The van der Waals surface area contributed by atoms with Gasteiger partial charge in [-0.3, -0.25) is 0 Å². The van der Waals surface area contributed by atoms with Crippen molar-refractivity contribution in [1.82, 2.24) is 24.1 Å². The maximum atomic E-state index is 6.38. The van der Waals surface area contributed by atoms with Crippen LogP contribution in [0.2, 0.25) is 0 Å². The monoisotopic (exact) mass is 1770 g/mol. The van der Waals surface area contributed by atoms with Crippen LogP contribution in [-0.4, -0.2) is 97.4 Å². The highest BCUT2D eigenvalue weighted by Gasteiger charge is 2.55. The predicted octanol–water partition coefficient (Wildman–Crippen LogP) is 22.0. The van der Waals surface area contributed by atoms with Gasteiger partial charge in [-0.2, -0.15) is 0 Å². The first-order chi connectivity index (χ1) is 54.0. The lowest BCUT2D eigenvalue weighted by Gasteiger charge is -2.32. The highest BCUT2D eigenvalue weighted by atomic mass is 79.9. The lowest BCUT2D eigenvalue weighted by Crippen LogP contribution is -2.41. The molecule has 114 heavy (non-hydrogen) atoms. The molecule has 0 bridgehead atoms. The first-order valence-corrected chi connectivity index (χ1v) is 41.8. The fraction of sp³-hybridized carbons (Fsp3) is 0.258. The molecule has 0 atom stereocenters. The number of fused-ring (bicyclic) bond motifs is 6. The summed E-state index contributed by atoms with van der Waals surface area (Å²) in [6, 6.07) is 89.5. The van der Waals surface area contributed by atoms with Crippen LogP contribution in [0.3, 0.4) is 0 Å². The van der Waals surface area contributed by atoms with Crippen LogP contribution in [-0.2, 0) is 37.2 Å². The zero-order valence-electron chi connectivity index (χ0n) is 67.1. The fourth-order valence-electron chi connectivity index (χ4n) is 14.3. The third-order valence-corrected chi connectivity index (χ3v) is 25.5. The largest absolute Gasteiger partial charge is 0.494 e. The Bertz CT molecular complexity index is 5570. The van der Waals surface area contributed by atoms with Crippen molar-refractivity contribution in [2.75, 3.05) is 0 Å². The highest BCUT2D eigenvalue weighted by Crippen LogP contribution is 2.43. The minimum atomic E-state index is -0.485. The fourth-order valence-corrected chi connectivity index (χ4v) is 15.8. The summed E-state index contributed by atoms with van der Waals surface area (Å²) in [4.78, 5) is 14.8. The van der Waals surface area contributed by atoms with E-state index in [0.717, 1.165) is 83.9 Å². The van der Waals surface area contributed by atoms with Gasteiger partial charge >= 0.3 is 28.5 Å². The minimum absolute atomic E-state index is 0.394. The van der Waals surface area contributed by atoms with Crippen LogP contribution in [0.15, 0.2) is 279 Å². The molecule has 4 aliphatic heterocycles. The Morgan fingerprint density at radius 1 is 0.228 bits per heavy atom. The van der Waals surface area contributed by atoms with Crippen LogP contribution in [0.25, 0.3) is 100 Å². The van der Waals surface area contributed by atoms with E-state index in [1.165, 1.54) is 38.6 Å². The van der Waals surface area contributed by atoms with E-state index in [1.54, 1.807) is 0 Å². The van der Waals surface area contributed by atoms with Gasteiger partial charge in [-0.25, -0.2) is 15.0 Å². The number of halogens is 4. The molecule has 0 aliphatic carbocycles. The number of nitrogens with zero attached hydrogens (tertiary/aromatic N) is 5. The molecule has 11 aromatic carbocycles. The molecule has 0 amide bonds. The predicted molar refractivity (Wildman–Crippen MR) is 483 cm³/mol. The van der Waals surface area contributed by atoms with Crippen molar-refractivity contribution in [2.45, 2.75) is 156 Å². The van der Waals surface area contributed by atoms with E-state index < -0.39 is 73.3 Å². The molecule has 0 saturated carbocycles. The summed E-state index contributed by atoms with van der Waals surface area (Å²) >= 11 is 14.1. The molecule has 4 fully saturated rings. The maximum absolute atomic E-state index is 6.38. The van der Waals surface area contributed by atoms with E-state index >= 15 is 0 Å². The van der Waals surface area contributed by atoms with E-state index in [-0.39, 0.29) is 0 Å². The molecule has 0 unspecified atom stereocenters. The number of rotatable bonds is 10. The van der Waals surface area contributed by atoms with Gasteiger partial charge in [0.05, 0.1) is 66.9 Å². The summed E-state index contributed by atoms with van der Waals surface area (Å²) in [7, 11) is -1.81. The van der Waals surface area contributed by atoms with E-state index in [0.29, 0.717) is 17.5 Å². The molecule has 0 N–H and O–H groups in total. The molecule has 4 saturated heterocycles. The summed E-state index contributed by atoms with van der Waals surface area (Å²) < 4.78 is 59.8. The average molecular weight is 1770 g/mol. The number of hydrogen-bond acceptors (Lipinski definition) is 11. The first-order valence-electron chi connectivity index (χ1n) is 38.6. The number of benzene rings is 11. The third kappa shape index (κ3) is 16.3. The SMILES string of the molecule is Brc1ccc2c(c1)c1cc(Br)ccc1n2-c1ccccc1.Brc1cccc(-c2cccc(Br)c2)c1.CC1(C)OB(c2ccc3c(c2)c2cc(B4OC(C)(C)C(C)(C)O4)ccc2n3-c2ccccc2)OC1(C)C.CC1(C)OB(c2cccc(-c3nc(-c4ccccc4)nc(-c4cccc(B5OC(C)(C)C(C)(C)O5)c4)n3)c2)OC1(C)C. The summed E-state index contributed by atoms with van der Waals surface area (Å²) in [5, 5.41) is 4.79. The molecule has 0 spiro atoms. The van der Waals surface area contributed by atoms with Crippen molar-refractivity contribution in [3.05, 3.63) is 279 Å². The normalized spacial score (nSPS) is 17.9. The van der Waals surface area contributed by atoms with E-state index in [1.807, 2.05) is 115 Å². The summed E-state index contributed by atoms with van der Waals surface area (Å²) in [5.41, 5.74) is 12.6. The van der Waals surface area contributed by atoms with Gasteiger partial charge in [0.1, 0.15) is 0 Å². The van der Waals surface area contributed by atoms with Crippen molar-refractivity contribution in [2.24, 2.45) is 0 Å². The minimum Gasteiger partial charge on any atom is -0.399 e. The van der Waals surface area contributed by atoms with Gasteiger partial charge in [-0.05, 0) is 241 Å². The average Bonchev–Trinajstić information content (AvgIpc) is 1.59. The highest BCUT2D eigenvalue weighted by molar-refractivity contribution is 9.11. The van der Waals surface area contributed by atoms with Crippen molar-refractivity contribution >= 4 is 158 Å². The quantitative estimate of drug-likeness (QED) is 0.122. The van der Waals surface area contributed by atoms with Crippen molar-refractivity contribution in [1.29, 1.82) is 0 Å². The van der Waals surface area contributed by atoms with Crippen molar-refractivity contribution in [3.63, 3.8) is 0 Å². The van der Waals surface area contributed by atoms with Gasteiger partial charge in [0, 0.05) is 67.5 Å². The molecule has 14 aromatic rings. The second kappa shape index (κ2) is 31.4. The molecule has 0 radical (unpaired) electrons. The van der Waals surface area contributed by atoms with E-state index in [2.05, 4.69) is 329 Å². The number of para-hydroxylation sites is 2. The van der Waals surface area contributed by atoms with E-state index in [4.69, 9.17) is 52.2 Å². The van der Waals surface area contributed by atoms with Gasteiger partial charge in [-0.1, -0.05) is 228 Å². The van der Waals surface area contributed by atoms with Crippen molar-refractivity contribution < 1.29 is 37.2 Å². The number of aromatic nitrogens is 5. The van der Waals surface area contributed by atoms with E-state index in [9.17, 15) is 0 Å². The second-order valence-electron chi connectivity index (χ2n) is 33.5. The molecule has 13 nitrogen and oxygen atoms in total. The van der Waals surface area contributed by atoms with Crippen LogP contribution < -0.4 is 21.9 Å². The molecule has 7 heterocycles. The van der Waals surface area contributed by atoms with Crippen LogP contribution >= 0.6 is 63.7 Å². The Labute approximate surface area is 704 Å². The first kappa shape index (κ1) is 81.1. The zero-order chi connectivity index (χ0) is 80.7. The molecular weight excluding hydrogens is 1680 g/mol. The lowest BCUT2D eigenvalue weighted by atomic mass is 9.77. The van der Waals surface area contributed by atoms with Crippen molar-refractivity contribution in [3.8, 4) is 56.7 Å². The lowest BCUT2D eigenvalue weighted by molar-refractivity contribution is 0.00578. The molecule has 21 heteroatoms. The Kier molecular flexibility index (Phi) is 22.3. The van der Waals surface area contributed by atoms with Gasteiger partial charge in [0.15, 0.2) is 17.5 Å². The Hall–Kier alpha value is -8.11. The van der Waals surface area contributed by atoms with Gasteiger partial charge < -0.3 is 46.4 Å². The standard InChI is InChI=1S/C33H37B2N3O4.C30H35B2NO4.C18H11Br2N.C12H8Br2/c1-30(2)31(3,4)40-34(39-30)25-18-12-16-23(20-25)28-36-27(22-14-10-9-11-15-22)37-29(38-28)24-17-13-19-26(21-24)35-41-32(5,6)33(7,8)42-35;1-27(2)28(3,4)35-31(34-27)20-14-16-25-23(18-20)24-19-21(32-36-29(5,6)30(7,8)37-32)15-17-26(24)33(25)22-12-10-9-11-13-22;19-12-6-8-17-15(10-12)16-11-13(20)7-9-18(16)21(17)14-4-2-1-3-5-14;13-11-5-1-3-9(7-11)10-4-2-6-12(14)8-10/h9-21H,1-8H3;9-19H,1-8H3;1-11H;1-8H. The summed E-state index contributed by atoms with van der Waals surface area (Å²) in [5.74, 6) is 1.73. The molecule has 18 rings (SSSR count). The topological polar surface area (TPSA) is 122 Å². The summed E-state index contributed by atoms with van der Waals surface area (Å²) in [6.45, 7) is 33.1. The molecule has 4 aliphatic rings. The molecule has 576 valence electrons.